The fraction of sp³-hybridized carbons (Fsp3) is 0.577. The molecule has 2 aliphatic rings. The molecule has 7 atom stereocenters. The lowest BCUT2D eigenvalue weighted by Crippen LogP contribution is -2.58. The van der Waals surface area contributed by atoms with Crippen LogP contribution in [-0.2, 0) is 11.3 Å². The van der Waals surface area contributed by atoms with Crippen LogP contribution in [0.5, 0.6) is 0 Å². The standard InChI is InChI=1S/C26H35N3O3S/c1-16(24(31)28-15-19-5-4-14-33-19)20-6-10-26(3)11-7-21(17(2)22(26)23(20)30)29-25(32)18-8-12-27-13-9-18/h4-5,8-9,12-14,16-17,20-23,30H,6-7,10-11,15H2,1-3H3,(H,28,31)(H,29,32)/t16-,17+,20-,21-,22+,23-,26-/m0/s1. The molecule has 0 radical (unpaired) electrons. The second-order valence-electron chi connectivity index (χ2n) is 10.2. The van der Waals surface area contributed by atoms with Crippen molar-refractivity contribution in [2.45, 2.75) is 65.1 Å². The van der Waals surface area contributed by atoms with Gasteiger partial charge in [-0.15, -0.1) is 11.3 Å². The van der Waals surface area contributed by atoms with E-state index in [0.29, 0.717) is 12.1 Å². The van der Waals surface area contributed by atoms with Crippen LogP contribution in [0.4, 0.5) is 0 Å². The first-order valence-electron chi connectivity index (χ1n) is 12.0. The van der Waals surface area contributed by atoms with E-state index < -0.39 is 6.10 Å². The van der Waals surface area contributed by atoms with Crippen LogP contribution in [0.2, 0.25) is 0 Å². The third-order valence-electron chi connectivity index (χ3n) is 8.22. The van der Waals surface area contributed by atoms with E-state index in [9.17, 15) is 14.7 Å². The van der Waals surface area contributed by atoms with Crippen molar-refractivity contribution in [2.24, 2.45) is 29.1 Å². The van der Waals surface area contributed by atoms with Crippen LogP contribution in [0.1, 0.15) is 61.7 Å². The molecular formula is C26H35N3O3S. The molecule has 6 nitrogen and oxygen atoms in total. The number of hydrogen-bond acceptors (Lipinski definition) is 5. The molecule has 3 N–H and O–H groups in total. The predicted octanol–water partition coefficient (Wildman–Crippen LogP) is 4.02. The molecule has 2 heterocycles. The maximum absolute atomic E-state index is 12.9. The van der Waals surface area contributed by atoms with E-state index in [2.05, 4.69) is 29.5 Å². The Balaban J connectivity index is 1.43. The number of carbonyl (C=O) groups excluding carboxylic acids is 2. The van der Waals surface area contributed by atoms with Gasteiger partial charge in [0, 0.05) is 34.8 Å². The van der Waals surface area contributed by atoms with Crippen molar-refractivity contribution in [2.75, 3.05) is 0 Å². The van der Waals surface area contributed by atoms with Gasteiger partial charge >= 0.3 is 0 Å². The number of rotatable bonds is 6. The quantitative estimate of drug-likeness (QED) is 0.596. The summed E-state index contributed by atoms with van der Waals surface area (Å²) in [6.07, 6.45) is 6.39. The van der Waals surface area contributed by atoms with Gasteiger partial charge in [0.25, 0.3) is 5.91 Å². The number of nitrogens with zero attached hydrogens (tertiary/aromatic N) is 1. The Hall–Kier alpha value is -2.25. The number of aliphatic hydroxyl groups excluding tert-OH is 1. The summed E-state index contributed by atoms with van der Waals surface area (Å²) in [6, 6.07) is 7.43. The van der Waals surface area contributed by atoms with E-state index in [1.807, 2.05) is 24.4 Å². The summed E-state index contributed by atoms with van der Waals surface area (Å²) in [4.78, 5) is 30.8. The monoisotopic (exact) mass is 469 g/mol. The Kier molecular flexibility index (Phi) is 7.19. The Morgan fingerprint density at radius 3 is 2.67 bits per heavy atom. The number of aliphatic hydroxyl groups is 1. The van der Waals surface area contributed by atoms with Crippen molar-refractivity contribution in [3.05, 3.63) is 52.5 Å². The third kappa shape index (κ3) is 4.99. The zero-order chi connectivity index (χ0) is 23.6. The summed E-state index contributed by atoms with van der Waals surface area (Å²) in [5.41, 5.74) is 0.629. The van der Waals surface area contributed by atoms with Gasteiger partial charge in [-0.1, -0.05) is 26.8 Å². The molecule has 178 valence electrons. The van der Waals surface area contributed by atoms with Gasteiger partial charge in [-0.25, -0.2) is 0 Å². The summed E-state index contributed by atoms with van der Waals surface area (Å²) in [6.45, 7) is 6.89. The highest BCUT2D eigenvalue weighted by molar-refractivity contribution is 7.09. The number of amides is 2. The predicted molar refractivity (Wildman–Crippen MR) is 130 cm³/mol. The van der Waals surface area contributed by atoms with Gasteiger partial charge in [-0.2, -0.15) is 0 Å². The minimum Gasteiger partial charge on any atom is -0.392 e. The second-order valence-corrected chi connectivity index (χ2v) is 11.2. The van der Waals surface area contributed by atoms with Gasteiger partial charge in [0.1, 0.15) is 0 Å². The fourth-order valence-electron chi connectivity index (χ4n) is 6.20. The van der Waals surface area contributed by atoms with Crippen molar-refractivity contribution in [3.63, 3.8) is 0 Å². The Labute approximate surface area is 200 Å². The molecule has 2 saturated carbocycles. The second kappa shape index (κ2) is 9.94. The van der Waals surface area contributed by atoms with E-state index in [1.54, 1.807) is 35.9 Å². The van der Waals surface area contributed by atoms with Crippen LogP contribution in [0.3, 0.4) is 0 Å². The van der Waals surface area contributed by atoms with Crippen LogP contribution in [0.15, 0.2) is 42.0 Å². The molecule has 0 saturated heterocycles. The highest BCUT2D eigenvalue weighted by atomic mass is 32.1. The molecule has 0 unspecified atom stereocenters. The van der Waals surface area contributed by atoms with Crippen molar-refractivity contribution >= 4 is 23.2 Å². The summed E-state index contributed by atoms with van der Waals surface area (Å²) in [5, 5.41) is 19.8. The molecule has 4 rings (SSSR count). The number of thiophene rings is 1. The van der Waals surface area contributed by atoms with Crippen molar-refractivity contribution in [1.29, 1.82) is 0 Å². The van der Waals surface area contributed by atoms with E-state index >= 15 is 0 Å². The Morgan fingerprint density at radius 1 is 1.24 bits per heavy atom. The Morgan fingerprint density at radius 2 is 1.97 bits per heavy atom. The zero-order valence-electron chi connectivity index (χ0n) is 19.7. The third-order valence-corrected chi connectivity index (χ3v) is 9.10. The maximum atomic E-state index is 12.9. The minimum absolute atomic E-state index is 0.0000940. The first-order valence-corrected chi connectivity index (χ1v) is 12.9. The van der Waals surface area contributed by atoms with Crippen LogP contribution in [0.25, 0.3) is 0 Å². The summed E-state index contributed by atoms with van der Waals surface area (Å²) in [7, 11) is 0. The summed E-state index contributed by atoms with van der Waals surface area (Å²) >= 11 is 1.63. The van der Waals surface area contributed by atoms with Crippen LogP contribution in [-0.4, -0.2) is 34.1 Å². The number of pyridine rings is 1. The van der Waals surface area contributed by atoms with Gasteiger partial charge in [0.05, 0.1) is 12.6 Å². The first-order chi connectivity index (χ1) is 15.8. The molecule has 0 aromatic carbocycles. The summed E-state index contributed by atoms with van der Waals surface area (Å²) in [5.74, 6) is -0.274. The van der Waals surface area contributed by atoms with Gasteiger partial charge < -0.3 is 15.7 Å². The zero-order valence-corrected chi connectivity index (χ0v) is 20.5. The molecular weight excluding hydrogens is 434 g/mol. The smallest absolute Gasteiger partial charge is 0.251 e. The normalized spacial score (nSPS) is 32.4. The van der Waals surface area contributed by atoms with Crippen molar-refractivity contribution < 1.29 is 14.7 Å². The number of aromatic nitrogens is 1. The van der Waals surface area contributed by atoms with E-state index in [0.717, 1.165) is 30.6 Å². The van der Waals surface area contributed by atoms with Gasteiger partial charge in [0.2, 0.25) is 5.91 Å². The summed E-state index contributed by atoms with van der Waals surface area (Å²) < 4.78 is 0. The molecule has 2 aromatic rings. The van der Waals surface area contributed by atoms with Crippen molar-refractivity contribution in [1.82, 2.24) is 15.6 Å². The topological polar surface area (TPSA) is 91.3 Å². The lowest BCUT2D eigenvalue weighted by molar-refractivity contribution is -0.142. The van der Waals surface area contributed by atoms with E-state index in [4.69, 9.17) is 0 Å². The average molecular weight is 470 g/mol. The highest BCUT2D eigenvalue weighted by Crippen LogP contribution is 2.55. The maximum Gasteiger partial charge on any atom is 0.251 e. The molecule has 7 heteroatoms. The molecule has 2 amide bonds. The van der Waals surface area contributed by atoms with Crippen molar-refractivity contribution in [3.8, 4) is 0 Å². The van der Waals surface area contributed by atoms with Gasteiger partial charge in [-0.3, -0.25) is 14.6 Å². The lowest BCUT2D eigenvalue weighted by Gasteiger charge is -2.56. The number of carbonyl (C=O) groups is 2. The molecule has 33 heavy (non-hydrogen) atoms. The van der Waals surface area contributed by atoms with Crippen LogP contribution >= 0.6 is 11.3 Å². The minimum atomic E-state index is -0.568. The Bertz CT molecular complexity index is 951. The molecule has 0 spiro atoms. The lowest BCUT2D eigenvalue weighted by atomic mass is 9.51. The van der Waals surface area contributed by atoms with Gasteiger partial charge in [-0.05, 0) is 72.4 Å². The molecule has 2 fully saturated rings. The van der Waals surface area contributed by atoms with E-state index in [1.165, 1.54) is 0 Å². The average Bonchev–Trinajstić information content (AvgIpc) is 3.33. The fourth-order valence-corrected chi connectivity index (χ4v) is 6.84. The SMILES string of the molecule is C[C@H]1[C@@H]2[C@@H](O)[C@H]([C@H](C)C(=O)NCc3cccs3)CC[C@@]2(C)CC[C@@H]1NC(=O)c1ccncc1. The highest BCUT2D eigenvalue weighted by Gasteiger charge is 2.53. The number of fused-ring (bicyclic) bond motifs is 1. The molecule has 0 aliphatic heterocycles. The van der Waals surface area contributed by atoms with Gasteiger partial charge in [0.15, 0.2) is 0 Å². The largest absolute Gasteiger partial charge is 0.392 e. The number of nitrogens with one attached hydrogen (secondary N) is 2. The van der Waals surface area contributed by atoms with Crippen LogP contribution < -0.4 is 10.6 Å². The number of hydrogen-bond donors (Lipinski definition) is 3. The molecule has 0 bridgehead atoms. The molecule has 2 aromatic heterocycles. The van der Waals surface area contributed by atoms with E-state index in [-0.39, 0.29) is 46.9 Å². The first kappa shape index (κ1) is 23.9. The molecule has 2 aliphatic carbocycles. The van der Waals surface area contributed by atoms with Crippen LogP contribution in [0, 0.1) is 29.1 Å².